The van der Waals surface area contributed by atoms with Crippen molar-refractivity contribution in [1.29, 1.82) is 0 Å². The smallest absolute Gasteiger partial charge is 0.137 e. The van der Waals surface area contributed by atoms with Gasteiger partial charge in [-0.3, -0.25) is 9.55 Å². The van der Waals surface area contributed by atoms with E-state index >= 15 is 0 Å². The molecule has 0 N–H and O–H groups in total. The Hall–Kier alpha value is -5.09. The molecule has 0 radical (unpaired) electrons. The molecule has 3 nitrogen and oxygen atoms in total. The minimum absolute atomic E-state index is 0.238. The predicted octanol–water partition coefficient (Wildman–Crippen LogP) is 8.64. The van der Waals surface area contributed by atoms with E-state index in [0.717, 1.165) is 45.7 Å². The molecule has 0 aliphatic heterocycles. The highest BCUT2D eigenvalue weighted by Crippen LogP contribution is 2.32. The van der Waals surface area contributed by atoms with Crippen LogP contribution in [0.4, 0.5) is 4.39 Å². The third kappa shape index (κ3) is 4.36. The maximum Gasteiger partial charge on any atom is 0.137 e. The van der Waals surface area contributed by atoms with E-state index in [0.29, 0.717) is 0 Å². The van der Waals surface area contributed by atoms with Crippen LogP contribution in [-0.4, -0.2) is 14.5 Å². The van der Waals surface area contributed by atoms with E-state index in [4.69, 9.17) is 4.98 Å². The Morgan fingerprint density at radius 1 is 0.564 bits per heavy atom. The fourth-order valence-corrected chi connectivity index (χ4v) is 5.31. The number of nitrogens with zero attached hydrogens (tertiary/aromatic N) is 3. The first-order chi connectivity index (χ1) is 19.2. The lowest BCUT2D eigenvalue weighted by atomic mass is 10.00. The highest BCUT2D eigenvalue weighted by Gasteiger charge is 2.13. The number of halogens is 1. The van der Waals surface area contributed by atoms with Gasteiger partial charge in [-0.1, -0.05) is 72.8 Å². The second-order valence-corrected chi connectivity index (χ2v) is 9.71. The molecule has 3 heterocycles. The summed E-state index contributed by atoms with van der Waals surface area (Å²) in [6, 6.07) is 40.3. The van der Waals surface area contributed by atoms with Crippen LogP contribution in [-0.2, 0) is 6.42 Å². The van der Waals surface area contributed by atoms with E-state index in [1.807, 2.05) is 36.7 Å². The molecule has 0 bridgehead atoms. The zero-order valence-corrected chi connectivity index (χ0v) is 21.1. The van der Waals surface area contributed by atoms with E-state index in [1.165, 1.54) is 34.0 Å². The molecular formula is C35H24FN3. The predicted molar refractivity (Wildman–Crippen MR) is 156 cm³/mol. The van der Waals surface area contributed by atoms with Gasteiger partial charge in [0.15, 0.2) is 0 Å². The third-order valence-corrected chi connectivity index (χ3v) is 7.19. The molecule has 39 heavy (non-hydrogen) atoms. The maximum absolute atomic E-state index is 13.3. The van der Waals surface area contributed by atoms with E-state index in [2.05, 4.69) is 82.3 Å². The van der Waals surface area contributed by atoms with Gasteiger partial charge < -0.3 is 0 Å². The van der Waals surface area contributed by atoms with Crippen molar-refractivity contribution in [2.24, 2.45) is 0 Å². The van der Waals surface area contributed by atoms with Gasteiger partial charge in [0, 0.05) is 34.3 Å². The van der Waals surface area contributed by atoms with Crippen LogP contribution in [0.2, 0.25) is 0 Å². The summed E-state index contributed by atoms with van der Waals surface area (Å²) < 4.78 is 15.5. The third-order valence-electron chi connectivity index (χ3n) is 7.19. The number of hydrogen-bond donors (Lipinski definition) is 0. The Balaban J connectivity index is 1.22. The van der Waals surface area contributed by atoms with Crippen LogP contribution < -0.4 is 0 Å². The lowest BCUT2D eigenvalue weighted by Crippen LogP contribution is -1.97. The van der Waals surface area contributed by atoms with Crippen molar-refractivity contribution in [2.45, 2.75) is 6.42 Å². The van der Waals surface area contributed by atoms with Gasteiger partial charge in [-0.2, -0.15) is 0 Å². The summed E-state index contributed by atoms with van der Waals surface area (Å²) in [5.74, 6) is 0.676. The average molecular weight is 506 g/mol. The summed E-state index contributed by atoms with van der Waals surface area (Å²) in [5, 5.41) is 2.45. The molecule has 186 valence electrons. The Kier molecular flexibility index (Phi) is 5.71. The second kappa shape index (κ2) is 9.66. The molecule has 4 heteroatoms. The van der Waals surface area contributed by atoms with Crippen molar-refractivity contribution < 1.29 is 4.39 Å². The van der Waals surface area contributed by atoms with Crippen LogP contribution in [0, 0.1) is 5.82 Å². The fourth-order valence-electron chi connectivity index (χ4n) is 5.31. The van der Waals surface area contributed by atoms with Crippen molar-refractivity contribution in [3.63, 3.8) is 0 Å². The van der Waals surface area contributed by atoms with Gasteiger partial charge in [0.05, 0.1) is 16.7 Å². The number of hydrogen-bond acceptors (Lipinski definition) is 2. The van der Waals surface area contributed by atoms with E-state index < -0.39 is 0 Å². The molecule has 0 amide bonds. The molecule has 0 unspecified atom stereocenters. The highest BCUT2D eigenvalue weighted by molar-refractivity contribution is 6.09. The number of pyridine rings is 2. The zero-order valence-electron chi connectivity index (χ0n) is 21.1. The molecule has 0 spiro atoms. The van der Waals surface area contributed by atoms with Crippen LogP contribution in [0.3, 0.4) is 0 Å². The van der Waals surface area contributed by atoms with E-state index in [-0.39, 0.29) is 5.82 Å². The fraction of sp³-hybridized carbons (Fsp3) is 0.0286. The molecule has 0 aliphatic carbocycles. The minimum atomic E-state index is -0.238. The first kappa shape index (κ1) is 23.1. The topological polar surface area (TPSA) is 30.7 Å². The molecular weight excluding hydrogens is 481 g/mol. The van der Waals surface area contributed by atoms with Crippen molar-refractivity contribution in [1.82, 2.24) is 14.5 Å². The number of para-hydroxylation sites is 1. The van der Waals surface area contributed by atoms with Crippen molar-refractivity contribution >= 4 is 21.8 Å². The SMILES string of the molecule is Fc1ccc(-c2ccc(-c3cccc(Cc4ccc5c6ccccc6n(-c6ccccn6)c5c4)c3)nc2)cc1. The molecule has 0 fully saturated rings. The van der Waals surface area contributed by atoms with Gasteiger partial charge in [-0.25, -0.2) is 9.37 Å². The number of benzene rings is 4. The summed E-state index contributed by atoms with van der Waals surface area (Å²) in [6.07, 6.45) is 4.49. The van der Waals surface area contributed by atoms with Crippen LogP contribution >= 0.6 is 0 Å². The molecule has 0 saturated heterocycles. The molecule has 0 saturated carbocycles. The Labute approximate surface area is 225 Å². The average Bonchev–Trinajstić information content (AvgIpc) is 3.32. The molecule has 3 aromatic heterocycles. The minimum Gasteiger partial charge on any atom is -0.294 e. The van der Waals surface area contributed by atoms with Crippen LogP contribution in [0.5, 0.6) is 0 Å². The van der Waals surface area contributed by atoms with Gasteiger partial charge in [0.25, 0.3) is 0 Å². The Morgan fingerprint density at radius 2 is 1.36 bits per heavy atom. The first-order valence-electron chi connectivity index (χ1n) is 13.0. The molecule has 7 rings (SSSR count). The van der Waals surface area contributed by atoms with Gasteiger partial charge >= 0.3 is 0 Å². The lowest BCUT2D eigenvalue weighted by molar-refractivity contribution is 0.628. The van der Waals surface area contributed by atoms with Gasteiger partial charge in [0.1, 0.15) is 11.6 Å². The number of aromatic nitrogens is 3. The van der Waals surface area contributed by atoms with Crippen LogP contribution in [0.25, 0.3) is 50.0 Å². The van der Waals surface area contributed by atoms with Crippen molar-refractivity contribution in [3.8, 4) is 28.2 Å². The monoisotopic (exact) mass is 505 g/mol. The summed E-state index contributed by atoms with van der Waals surface area (Å²) in [5.41, 5.74) is 8.66. The number of rotatable bonds is 5. The van der Waals surface area contributed by atoms with Gasteiger partial charge in [0.2, 0.25) is 0 Å². The quantitative estimate of drug-likeness (QED) is 0.234. The van der Waals surface area contributed by atoms with E-state index in [1.54, 1.807) is 12.1 Å². The number of fused-ring (bicyclic) bond motifs is 3. The van der Waals surface area contributed by atoms with Gasteiger partial charge in [-0.15, -0.1) is 0 Å². The van der Waals surface area contributed by atoms with Crippen molar-refractivity contribution in [3.05, 3.63) is 151 Å². The lowest BCUT2D eigenvalue weighted by Gasteiger charge is -2.09. The Bertz CT molecular complexity index is 1920. The van der Waals surface area contributed by atoms with Crippen molar-refractivity contribution in [2.75, 3.05) is 0 Å². The summed E-state index contributed by atoms with van der Waals surface area (Å²) in [4.78, 5) is 9.35. The summed E-state index contributed by atoms with van der Waals surface area (Å²) in [7, 11) is 0. The van der Waals surface area contributed by atoms with Gasteiger partial charge in [-0.05, 0) is 71.6 Å². The molecule has 0 aliphatic rings. The second-order valence-electron chi connectivity index (χ2n) is 9.71. The summed E-state index contributed by atoms with van der Waals surface area (Å²) >= 11 is 0. The Morgan fingerprint density at radius 3 is 2.18 bits per heavy atom. The largest absolute Gasteiger partial charge is 0.294 e. The maximum atomic E-state index is 13.3. The molecule has 0 atom stereocenters. The zero-order chi connectivity index (χ0) is 26.2. The normalized spacial score (nSPS) is 11.3. The molecule has 4 aromatic carbocycles. The molecule has 7 aromatic rings. The first-order valence-corrected chi connectivity index (χ1v) is 13.0. The highest BCUT2D eigenvalue weighted by atomic mass is 19.1. The van der Waals surface area contributed by atoms with Crippen LogP contribution in [0.15, 0.2) is 134 Å². The summed E-state index contributed by atoms with van der Waals surface area (Å²) in [6.45, 7) is 0. The standard InChI is InChI=1S/C35H24FN3/c36-29-15-12-26(13-16-29)28-14-18-32(38-23-28)27-7-5-6-24(21-27)20-25-11-17-31-30-8-1-2-9-33(30)39(34(31)22-25)35-10-3-4-19-37-35/h1-19,21-23H,20H2. The van der Waals surface area contributed by atoms with E-state index in [9.17, 15) is 4.39 Å². The van der Waals surface area contributed by atoms with Crippen LogP contribution in [0.1, 0.15) is 11.1 Å².